The van der Waals surface area contributed by atoms with Gasteiger partial charge in [-0.3, -0.25) is 0 Å². The van der Waals surface area contributed by atoms with Gasteiger partial charge in [0.15, 0.2) is 0 Å². The number of pyridine rings is 1. The van der Waals surface area contributed by atoms with Crippen molar-refractivity contribution in [3.8, 4) is 0 Å². The number of halogens is 1. The smallest absolute Gasteiger partial charge is 0.145 e. The van der Waals surface area contributed by atoms with Crippen LogP contribution >= 0.6 is 11.6 Å². The van der Waals surface area contributed by atoms with E-state index < -0.39 is 0 Å². The van der Waals surface area contributed by atoms with Crippen LogP contribution in [-0.4, -0.2) is 10.1 Å². The minimum atomic E-state index is 0.549. The first-order chi connectivity index (χ1) is 6.86. The quantitative estimate of drug-likeness (QED) is 0.843. The summed E-state index contributed by atoms with van der Waals surface area (Å²) in [6.07, 6.45) is 3.20. The topological polar surface area (TPSA) is 51.0 Å². The van der Waals surface area contributed by atoms with Crippen LogP contribution in [0.3, 0.4) is 0 Å². The molecule has 0 atom stereocenters. The number of hydrogen-bond donors (Lipinski definition) is 1. The Morgan fingerprint density at radius 1 is 1.43 bits per heavy atom. The van der Waals surface area contributed by atoms with E-state index in [1.54, 1.807) is 24.4 Å². The van der Waals surface area contributed by atoms with E-state index in [0.717, 1.165) is 5.69 Å². The van der Waals surface area contributed by atoms with Crippen LogP contribution in [0.25, 0.3) is 0 Å². The molecule has 0 spiro atoms. The second-order valence-electron chi connectivity index (χ2n) is 2.68. The summed E-state index contributed by atoms with van der Waals surface area (Å²) in [7, 11) is 0. The molecular formula is C9H8ClN3O. The molecule has 4 nitrogen and oxygen atoms in total. The van der Waals surface area contributed by atoms with Gasteiger partial charge in [-0.15, -0.1) is 0 Å². The zero-order chi connectivity index (χ0) is 9.80. The van der Waals surface area contributed by atoms with Gasteiger partial charge in [-0.2, -0.15) is 0 Å². The number of rotatable bonds is 3. The number of hydrogen-bond acceptors (Lipinski definition) is 4. The Kier molecular flexibility index (Phi) is 2.65. The minimum Gasteiger partial charge on any atom is -0.364 e. The molecule has 0 amide bonds. The average molecular weight is 210 g/mol. The van der Waals surface area contributed by atoms with E-state index in [4.69, 9.17) is 11.6 Å². The third-order valence-corrected chi connectivity index (χ3v) is 1.99. The summed E-state index contributed by atoms with van der Waals surface area (Å²) >= 11 is 5.90. The van der Waals surface area contributed by atoms with Gasteiger partial charge >= 0.3 is 0 Å². The first kappa shape index (κ1) is 9.02. The van der Waals surface area contributed by atoms with Crippen molar-refractivity contribution in [1.82, 2.24) is 10.1 Å². The van der Waals surface area contributed by atoms with E-state index in [-0.39, 0.29) is 0 Å². The standard InChI is InChI=1S/C9H8ClN3O/c10-8-2-1-4-11-9(8)12-6-7-3-5-14-13-7/h1-5H,6H2,(H,11,12). The SMILES string of the molecule is Clc1cccnc1NCc1ccon1. The lowest BCUT2D eigenvalue weighted by Gasteiger charge is -2.03. The molecule has 0 fully saturated rings. The number of nitrogens with one attached hydrogen (secondary N) is 1. The fourth-order valence-corrected chi connectivity index (χ4v) is 1.21. The van der Waals surface area contributed by atoms with Gasteiger partial charge in [0.2, 0.25) is 0 Å². The number of anilines is 1. The van der Waals surface area contributed by atoms with Gasteiger partial charge in [-0.25, -0.2) is 4.98 Å². The molecule has 0 saturated carbocycles. The maximum absolute atomic E-state index is 5.90. The summed E-state index contributed by atoms with van der Waals surface area (Å²) in [6.45, 7) is 0.549. The zero-order valence-electron chi connectivity index (χ0n) is 7.27. The highest BCUT2D eigenvalue weighted by atomic mass is 35.5. The summed E-state index contributed by atoms with van der Waals surface area (Å²) < 4.78 is 4.69. The van der Waals surface area contributed by atoms with Crippen molar-refractivity contribution in [1.29, 1.82) is 0 Å². The summed E-state index contributed by atoms with van der Waals surface area (Å²) in [5.74, 6) is 0.650. The summed E-state index contributed by atoms with van der Waals surface area (Å²) in [4.78, 5) is 4.08. The van der Waals surface area contributed by atoms with E-state index >= 15 is 0 Å². The molecule has 1 N–H and O–H groups in total. The van der Waals surface area contributed by atoms with Crippen LogP contribution in [0.15, 0.2) is 35.2 Å². The van der Waals surface area contributed by atoms with E-state index in [1.807, 2.05) is 0 Å². The molecule has 0 aliphatic carbocycles. The zero-order valence-corrected chi connectivity index (χ0v) is 8.03. The maximum Gasteiger partial charge on any atom is 0.145 e. The molecule has 2 heterocycles. The lowest BCUT2D eigenvalue weighted by molar-refractivity contribution is 0.412. The summed E-state index contributed by atoms with van der Waals surface area (Å²) in [5.41, 5.74) is 0.812. The second kappa shape index (κ2) is 4.11. The minimum absolute atomic E-state index is 0.549. The lowest BCUT2D eigenvalue weighted by atomic mass is 10.4. The first-order valence-electron chi connectivity index (χ1n) is 4.10. The molecular weight excluding hydrogens is 202 g/mol. The van der Waals surface area contributed by atoms with E-state index in [2.05, 4.69) is 20.0 Å². The highest BCUT2D eigenvalue weighted by molar-refractivity contribution is 6.32. The molecule has 72 valence electrons. The largest absolute Gasteiger partial charge is 0.364 e. The van der Waals surface area contributed by atoms with Crippen LogP contribution in [0.4, 0.5) is 5.82 Å². The third-order valence-electron chi connectivity index (χ3n) is 1.69. The molecule has 0 unspecified atom stereocenters. The Labute approximate surface area is 85.9 Å². The molecule has 14 heavy (non-hydrogen) atoms. The highest BCUT2D eigenvalue weighted by Gasteiger charge is 2.00. The van der Waals surface area contributed by atoms with E-state index in [1.165, 1.54) is 6.26 Å². The van der Waals surface area contributed by atoms with Crippen LogP contribution in [-0.2, 0) is 6.54 Å². The van der Waals surface area contributed by atoms with E-state index in [0.29, 0.717) is 17.4 Å². The maximum atomic E-state index is 5.90. The van der Waals surface area contributed by atoms with Crippen LogP contribution in [0.1, 0.15) is 5.69 Å². The average Bonchev–Trinajstić information content (AvgIpc) is 2.69. The Bertz CT molecular complexity index is 402. The second-order valence-corrected chi connectivity index (χ2v) is 3.09. The molecule has 0 aromatic carbocycles. The molecule has 2 aromatic heterocycles. The van der Waals surface area contributed by atoms with Crippen LogP contribution < -0.4 is 5.32 Å². The number of nitrogens with zero attached hydrogens (tertiary/aromatic N) is 2. The van der Waals surface area contributed by atoms with Crippen molar-refractivity contribution in [2.24, 2.45) is 0 Å². The molecule has 0 bridgehead atoms. The fraction of sp³-hybridized carbons (Fsp3) is 0.111. The van der Waals surface area contributed by atoms with Crippen LogP contribution in [0.2, 0.25) is 5.02 Å². The number of aromatic nitrogens is 2. The predicted octanol–water partition coefficient (Wildman–Crippen LogP) is 2.34. The third kappa shape index (κ3) is 2.03. The van der Waals surface area contributed by atoms with Crippen molar-refractivity contribution < 1.29 is 4.52 Å². The van der Waals surface area contributed by atoms with Crippen molar-refractivity contribution in [2.75, 3.05) is 5.32 Å². The van der Waals surface area contributed by atoms with Crippen molar-refractivity contribution in [3.63, 3.8) is 0 Å². The monoisotopic (exact) mass is 209 g/mol. The Balaban J connectivity index is 2.02. The summed E-state index contributed by atoms with van der Waals surface area (Å²) in [6, 6.07) is 5.34. The Morgan fingerprint density at radius 3 is 3.07 bits per heavy atom. The van der Waals surface area contributed by atoms with Gasteiger partial charge in [0.05, 0.1) is 11.6 Å². The molecule has 2 rings (SSSR count). The molecule has 0 aliphatic heterocycles. The highest BCUT2D eigenvalue weighted by Crippen LogP contribution is 2.17. The van der Waals surface area contributed by atoms with Crippen LogP contribution in [0, 0.1) is 0 Å². The lowest BCUT2D eigenvalue weighted by Crippen LogP contribution is -2.01. The fourth-order valence-electron chi connectivity index (χ4n) is 1.02. The predicted molar refractivity (Wildman–Crippen MR) is 53.1 cm³/mol. The molecule has 2 aromatic rings. The molecule has 0 radical (unpaired) electrons. The van der Waals surface area contributed by atoms with Gasteiger partial charge in [0.1, 0.15) is 17.8 Å². The molecule has 5 heteroatoms. The van der Waals surface area contributed by atoms with Crippen molar-refractivity contribution in [2.45, 2.75) is 6.54 Å². The Morgan fingerprint density at radius 2 is 2.36 bits per heavy atom. The van der Waals surface area contributed by atoms with Crippen LogP contribution in [0.5, 0.6) is 0 Å². The Hall–Kier alpha value is -1.55. The normalized spacial score (nSPS) is 10.1. The first-order valence-corrected chi connectivity index (χ1v) is 4.48. The van der Waals surface area contributed by atoms with Gasteiger partial charge in [0.25, 0.3) is 0 Å². The van der Waals surface area contributed by atoms with Crippen molar-refractivity contribution in [3.05, 3.63) is 41.4 Å². The van der Waals surface area contributed by atoms with Gasteiger partial charge in [-0.05, 0) is 12.1 Å². The molecule has 0 aliphatic rings. The van der Waals surface area contributed by atoms with Gasteiger partial charge in [-0.1, -0.05) is 16.8 Å². The summed E-state index contributed by atoms with van der Waals surface area (Å²) in [5, 5.41) is 7.40. The van der Waals surface area contributed by atoms with E-state index in [9.17, 15) is 0 Å². The van der Waals surface area contributed by atoms with Gasteiger partial charge in [0, 0.05) is 12.3 Å². The van der Waals surface area contributed by atoms with Crippen molar-refractivity contribution >= 4 is 17.4 Å². The van der Waals surface area contributed by atoms with Gasteiger partial charge < -0.3 is 9.84 Å². The molecule has 0 saturated heterocycles.